The molecule has 29 heavy (non-hydrogen) atoms. The number of esters is 2. The third kappa shape index (κ3) is 7.71. The summed E-state index contributed by atoms with van der Waals surface area (Å²) >= 11 is 0. The van der Waals surface area contributed by atoms with Crippen LogP contribution in [0.4, 0.5) is 0 Å². The Morgan fingerprint density at radius 2 is 1.69 bits per heavy atom. The van der Waals surface area contributed by atoms with E-state index in [0.29, 0.717) is 11.7 Å². The molecule has 1 aliphatic rings. The van der Waals surface area contributed by atoms with Gasteiger partial charge in [0.15, 0.2) is 0 Å². The van der Waals surface area contributed by atoms with E-state index < -0.39 is 11.0 Å². The maximum atomic E-state index is 12.2. The summed E-state index contributed by atoms with van der Waals surface area (Å²) in [5.74, 6) is 0.419. The Morgan fingerprint density at radius 3 is 2.14 bits per heavy atom. The number of rotatable bonds is 7. The smallest absolute Gasteiger partial charge is 0.312 e. The molecule has 0 aliphatic heterocycles. The van der Waals surface area contributed by atoms with Crippen molar-refractivity contribution in [2.75, 3.05) is 7.11 Å². The van der Waals surface area contributed by atoms with Crippen molar-refractivity contribution < 1.29 is 24.2 Å². The number of carbonyl (C=O) groups excluding carboxylic acids is 2. The van der Waals surface area contributed by atoms with Crippen molar-refractivity contribution in [3.63, 3.8) is 0 Å². The lowest BCUT2D eigenvalue weighted by atomic mass is 9.89. The van der Waals surface area contributed by atoms with Crippen LogP contribution in [-0.2, 0) is 19.1 Å². The first-order valence-electron chi connectivity index (χ1n) is 10.7. The maximum absolute atomic E-state index is 12.2. The van der Waals surface area contributed by atoms with Gasteiger partial charge in [0.1, 0.15) is 11.4 Å². The number of aromatic hydroxyl groups is 1. The van der Waals surface area contributed by atoms with Gasteiger partial charge in [-0.15, -0.1) is 0 Å². The van der Waals surface area contributed by atoms with E-state index >= 15 is 0 Å². The zero-order valence-electron chi connectivity index (χ0n) is 18.9. The first-order chi connectivity index (χ1) is 13.6. The van der Waals surface area contributed by atoms with Crippen LogP contribution in [0, 0.1) is 5.41 Å². The largest absolute Gasteiger partial charge is 0.508 e. The molecular weight excluding hydrogens is 368 g/mol. The zero-order valence-corrected chi connectivity index (χ0v) is 18.9. The van der Waals surface area contributed by atoms with Crippen LogP contribution in [0.5, 0.6) is 5.75 Å². The van der Waals surface area contributed by atoms with Gasteiger partial charge in [-0.1, -0.05) is 32.9 Å². The van der Waals surface area contributed by atoms with Crippen LogP contribution in [0.3, 0.4) is 0 Å². The first-order valence-corrected chi connectivity index (χ1v) is 10.7. The van der Waals surface area contributed by atoms with E-state index in [1.807, 2.05) is 32.9 Å². The molecule has 0 heterocycles. The molecule has 0 saturated heterocycles. The predicted octanol–water partition coefficient (Wildman–Crippen LogP) is 5.75. The lowest BCUT2D eigenvalue weighted by molar-refractivity contribution is -0.174. The lowest BCUT2D eigenvalue weighted by Crippen LogP contribution is -2.39. The van der Waals surface area contributed by atoms with Crippen molar-refractivity contribution in [3.8, 4) is 5.75 Å². The Kier molecular flexibility index (Phi) is 9.67. The molecule has 1 unspecified atom stereocenters. The Hall–Kier alpha value is -2.04. The summed E-state index contributed by atoms with van der Waals surface area (Å²) < 4.78 is 10.4. The summed E-state index contributed by atoms with van der Waals surface area (Å²) in [7, 11) is 1.36. The highest BCUT2D eigenvalue weighted by atomic mass is 16.6. The van der Waals surface area contributed by atoms with Gasteiger partial charge in [-0.2, -0.15) is 0 Å². The fourth-order valence-electron chi connectivity index (χ4n) is 3.19. The standard InChI is InChI=1S/C14H24O4.C10H14O/c1-5-13(2,3)12(16)18-14(8-6-7-9-14)10-11(15)17-4;1-3-8(2)9-4-6-10(11)7-5-9/h5-10H2,1-4H3;4-8,11H,3H2,1-2H3. The molecule has 2 rings (SSSR count). The van der Waals surface area contributed by atoms with E-state index in [9.17, 15) is 9.59 Å². The molecule has 1 aromatic rings. The molecule has 0 spiro atoms. The molecule has 1 aromatic carbocycles. The minimum atomic E-state index is -0.628. The summed E-state index contributed by atoms with van der Waals surface area (Å²) in [5, 5.41) is 9.01. The molecule has 5 heteroatoms. The average Bonchev–Trinajstić information content (AvgIpc) is 3.16. The summed E-state index contributed by atoms with van der Waals surface area (Å²) in [4.78, 5) is 23.6. The van der Waals surface area contributed by atoms with Gasteiger partial charge in [-0.25, -0.2) is 0 Å². The summed E-state index contributed by atoms with van der Waals surface area (Å²) in [6.07, 6.45) is 5.55. The van der Waals surface area contributed by atoms with E-state index in [1.165, 1.54) is 12.7 Å². The fraction of sp³-hybridized carbons (Fsp3) is 0.667. The Morgan fingerprint density at radius 1 is 1.14 bits per heavy atom. The van der Waals surface area contributed by atoms with Crippen LogP contribution in [-0.4, -0.2) is 29.8 Å². The fourth-order valence-corrected chi connectivity index (χ4v) is 3.19. The number of phenolic OH excluding ortho intramolecular Hbond substituents is 1. The minimum absolute atomic E-state index is 0.176. The Balaban J connectivity index is 0.000000326. The van der Waals surface area contributed by atoms with E-state index in [0.717, 1.165) is 38.5 Å². The van der Waals surface area contributed by atoms with Crippen molar-refractivity contribution >= 4 is 11.9 Å². The van der Waals surface area contributed by atoms with E-state index in [1.54, 1.807) is 12.1 Å². The van der Waals surface area contributed by atoms with Crippen molar-refractivity contribution in [2.45, 2.75) is 91.1 Å². The number of methoxy groups -OCH3 is 1. The third-order valence-corrected chi connectivity index (χ3v) is 6.03. The Labute approximate surface area is 175 Å². The quantitative estimate of drug-likeness (QED) is 0.584. The van der Waals surface area contributed by atoms with Crippen molar-refractivity contribution in [3.05, 3.63) is 29.8 Å². The van der Waals surface area contributed by atoms with Gasteiger partial charge in [0.25, 0.3) is 0 Å². The van der Waals surface area contributed by atoms with Gasteiger partial charge < -0.3 is 14.6 Å². The molecule has 1 atom stereocenters. The topological polar surface area (TPSA) is 72.8 Å². The zero-order chi connectivity index (χ0) is 22.1. The van der Waals surface area contributed by atoms with Crippen LogP contribution >= 0.6 is 0 Å². The highest BCUT2D eigenvalue weighted by molar-refractivity contribution is 5.77. The number of carbonyl (C=O) groups is 2. The second-order valence-corrected chi connectivity index (χ2v) is 8.67. The molecule has 1 N–H and O–H groups in total. The van der Waals surface area contributed by atoms with Crippen molar-refractivity contribution in [1.29, 1.82) is 0 Å². The monoisotopic (exact) mass is 406 g/mol. The van der Waals surface area contributed by atoms with Gasteiger partial charge in [0, 0.05) is 0 Å². The molecule has 5 nitrogen and oxygen atoms in total. The summed E-state index contributed by atoms with van der Waals surface area (Å²) in [6.45, 7) is 10.1. The van der Waals surface area contributed by atoms with Gasteiger partial charge in [0.2, 0.25) is 0 Å². The summed E-state index contributed by atoms with van der Waals surface area (Å²) in [6, 6.07) is 7.43. The number of benzene rings is 1. The average molecular weight is 407 g/mol. The highest BCUT2D eigenvalue weighted by Gasteiger charge is 2.42. The molecule has 0 amide bonds. The number of phenols is 1. The molecule has 1 saturated carbocycles. The summed E-state index contributed by atoms with van der Waals surface area (Å²) in [5.41, 5.74) is 0.174. The second kappa shape index (κ2) is 11.2. The number of ether oxygens (including phenoxy) is 2. The molecule has 1 fully saturated rings. The normalized spacial score (nSPS) is 16.3. The SMILES string of the molecule is CCC(C)(C)C(=O)OC1(CC(=O)OC)CCCC1.CCC(C)c1ccc(O)cc1. The van der Waals surface area contributed by atoms with Crippen LogP contribution < -0.4 is 0 Å². The van der Waals surface area contributed by atoms with Gasteiger partial charge >= 0.3 is 11.9 Å². The van der Waals surface area contributed by atoms with Crippen LogP contribution in [0.15, 0.2) is 24.3 Å². The van der Waals surface area contributed by atoms with E-state index in [2.05, 4.69) is 13.8 Å². The second-order valence-electron chi connectivity index (χ2n) is 8.67. The maximum Gasteiger partial charge on any atom is 0.312 e. The van der Waals surface area contributed by atoms with E-state index in [4.69, 9.17) is 14.6 Å². The van der Waals surface area contributed by atoms with Crippen molar-refractivity contribution in [2.24, 2.45) is 5.41 Å². The van der Waals surface area contributed by atoms with Gasteiger partial charge in [-0.05, 0) is 76.0 Å². The van der Waals surface area contributed by atoms with Crippen molar-refractivity contribution in [1.82, 2.24) is 0 Å². The minimum Gasteiger partial charge on any atom is -0.508 e. The van der Waals surface area contributed by atoms with Gasteiger partial charge in [-0.3, -0.25) is 9.59 Å². The molecule has 1 aliphatic carbocycles. The molecule has 0 bridgehead atoms. The van der Waals surface area contributed by atoms with Crippen LogP contribution in [0.25, 0.3) is 0 Å². The number of hydrogen-bond acceptors (Lipinski definition) is 5. The predicted molar refractivity (Wildman–Crippen MR) is 115 cm³/mol. The molecular formula is C24H38O5. The number of hydrogen-bond donors (Lipinski definition) is 1. The first kappa shape index (κ1) is 25.0. The Bertz CT molecular complexity index is 642. The molecule has 0 radical (unpaired) electrons. The van der Waals surface area contributed by atoms with Crippen LogP contribution in [0.2, 0.25) is 0 Å². The van der Waals surface area contributed by atoms with E-state index in [-0.39, 0.29) is 18.4 Å². The lowest BCUT2D eigenvalue weighted by Gasteiger charge is -2.32. The highest BCUT2D eigenvalue weighted by Crippen LogP contribution is 2.38. The third-order valence-electron chi connectivity index (χ3n) is 6.03. The van der Waals surface area contributed by atoms with Crippen LogP contribution in [0.1, 0.15) is 91.0 Å². The molecule has 0 aromatic heterocycles. The van der Waals surface area contributed by atoms with Gasteiger partial charge in [0.05, 0.1) is 18.9 Å². The molecule has 164 valence electrons.